The molecule has 3 aliphatic rings. The first-order valence-corrected chi connectivity index (χ1v) is 12.2. The van der Waals surface area contributed by atoms with E-state index >= 15 is 0 Å². The number of benzene rings is 1. The second-order valence-electron chi connectivity index (χ2n) is 8.63. The molecule has 0 amide bonds. The third-order valence-corrected chi connectivity index (χ3v) is 7.55. The van der Waals surface area contributed by atoms with E-state index in [1.165, 1.54) is 5.56 Å². The van der Waals surface area contributed by atoms with Crippen LogP contribution in [0, 0.1) is 0 Å². The van der Waals surface area contributed by atoms with Gasteiger partial charge in [0.25, 0.3) is 0 Å². The molecule has 0 spiro atoms. The van der Waals surface area contributed by atoms with Gasteiger partial charge in [-0.2, -0.15) is 0 Å². The number of morpholine rings is 1. The Morgan fingerprint density at radius 3 is 2.47 bits per heavy atom. The molecule has 8 heteroatoms. The van der Waals surface area contributed by atoms with Crippen LogP contribution >= 0.6 is 0 Å². The number of aromatic nitrogens is 1. The number of nitrogens with two attached hydrogens (primary N) is 1. The van der Waals surface area contributed by atoms with Gasteiger partial charge >= 0.3 is 0 Å². The van der Waals surface area contributed by atoms with E-state index in [-0.39, 0.29) is 10.8 Å². The van der Waals surface area contributed by atoms with Gasteiger partial charge < -0.3 is 9.64 Å². The van der Waals surface area contributed by atoms with Gasteiger partial charge in [-0.15, -0.1) is 0 Å². The number of primary sulfonamides is 1. The molecule has 30 heavy (non-hydrogen) atoms. The molecule has 2 bridgehead atoms. The fourth-order valence-electron chi connectivity index (χ4n) is 5.17. The number of fused-ring (bicyclic) bond motifs is 2. The molecule has 4 heterocycles. The molecular weight excluding hydrogens is 400 g/mol. The lowest BCUT2D eigenvalue weighted by molar-refractivity contribution is 0.0902. The van der Waals surface area contributed by atoms with Crippen molar-refractivity contribution in [1.29, 1.82) is 0 Å². The highest BCUT2D eigenvalue weighted by Gasteiger charge is 2.39. The lowest BCUT2D eigenvalue weighted by Crippen LogP contribution is -2.46. The van der Waals surface area contributed by atoms with Gasteiger partial charge in [-0.05, 0) is 43.5 Å². The predicted molar refractivity (Wildman–Crippen MR) is 115 cm³/mol. The minimum absolute atomic E-state index is 0.0562. The smallest absolute Gasteiger partial charge is 0.239 e. The molecule has 3 saturated heterocycles. The highest BCUT2D eigenvalue weighted by atomic mass is 32.2. The van der Waals surface area contributed by atoms with E-state index in [1.807, 2.05) is 24.3 Å². The van der Waals surface area contributed by atoms with E-state index < -0.39 is 10.0 Å². The minimum atomic E-state index is -3.83. The third kappa shape index (κ3) is 3.85. The molecule has 1 aromatic carbocycles. The third-order valence-electron chi connectivity index (χ3n) is 6.59. The average molecular weight is 429 g/mol. The van der Waals surface area contributed by atoms with Gasteiger partial charge in [0.1, 0.15) is 10.7 Å². The number of hydrogen-bond donors (Lipinski definition) is 1. The first-order chi connectivity index (χ1) is 14.5. The summed E-state index contributed by atoms with van der Waals surface area (Å²) >= 11 is 0. The first kappa shape index (κ1) is 19.9. The van der Waals surface area contributed by atoms with Gasteiger partial charge in [0.05, 0.1) is 31.0 Å². The van der Waals surface area contributed by atoms with Crippen LogP contribution in [-0.4, -0.2) is 56.7 Å². The van der Waals surface area contributed by atoms with Gasteiger partial charge in [-0.1, -0.05) is 30.3 Å². The highest BCUT2D eigenvalue weighted by Crippen LogP contribution is 2.36. The Morgan fingerprint density at radius 2 is 1.77 bits per heavy atom. The van der Waals surface area contributed by atoms with E-state index in [0.29, 0.717) is 31.0 Å². The molecule has 1 aromatic heterocycles. The molecule has 0 radical (unpaired) electrons. The average Bonchev–Trinajstić information content (AvgIpc) is 3.29. The topological polar surface area (TPSA) is 88.8 Å². The van der Waals surface area contributed by atoms with E-state index in [0.717, 1.165) is 44.7 Å². The Morgan fingerprint density at radius 1 is 1.03 bits per heavy atom. The number of anilines is 1. The monoisotopic (exact) mass is 428 g/mol. The van der Waals surface area contributed by atoms with Gasteiger partial charge in [0, 0.05) is 19.0 Å². The molecule has 2 aromatic rings. The Bertz CT molecular complexity index is 998. The van der Waals surface area contributed by atoms with E-state index in [1.54, 1.807) is 6.07 Å². The summed E-state index contributed by atoms with van der Waals surface area (Å²) in [4.78, 5) is 9.77. The molecule has 7 nitrogen and oxygen atoms in total. The lowest BCUT2D eigenvalue weighted by Gasteiger charge is -2.36. The number of ether oxygens (including phenoxy) is 1. The van der Waals surface area contributed by atoms with E-state index in [9.17, 15) is 8.42 Å². The Hall–Kier alpha value is -2.00. The van der Waals surface area contributed by atoms with Gasteiger partial charge in [0.15, 0.2) is 0 Å². The maximum absolute atomic E-state index is 12.3. The fourth-order valence-corrected chi connectivity index (χ4v) is 5.93. The molecule has 0 unspecified atom stereocenters. The summed E-state index contributed by atoms with van der Waals surface area (Å²) in [5, 5.41) is 5.56. The molecule has 3 aliphatic heterocycles. The standard InChI is InChI=1S/C22H28N4O3S/c23-30(27,28)20-8-9-21(26-18-6-7-19(26)15-29-14-18)24-22(20)17-10-11-25(13-17)12-16-4-2-1-3-5-16/h1-5,8-9,17-19H,6-7,10-15H2,(H2,23,27,28)/t17-,18-,19+/m1/s1. The van der Waals surface area contributed by atoms with Crippen LogP contribution in [0.4, 0.5) is 5.82 Å². The Balaban J connectivity index is 1.43. The van der Waals surface area contributed by atoms with Crippen LogP contribution in [0.2, 0.25) is 0 Å². The van der Waals surface area contributed by atoms with Crippen molar-refractivity contribution in [3.8, 4) is 0 Å². The number of sulfonamides is 1. The van der Waals surface area contributed by atoms with Crippen molar-refractivity contribution in [1.82, 2.24) is 9.88 Å². The summed E-state index contributed by atoms with van der Waals surface area (Å²) in [5.74, 6) is 0.912. The van der Waals surface area contributed by atoms with Crippen LogP contribution in [0.5, 0.6) is 0 Å². The number of pyridine rings is 1. The molecule has 160 valence electrons. The van der Waals surface area contributed by atoms with Crippen molar-refractivity contribution in [2.45, 2.75) is 48.7 Å². The maximum Gasteiger partial charge on any atom is 0.239 e. The molecular formula is C22H28N4O3S. The number of rotatable bonds is 5. The molecule has 3 atom stereocenters. The zero-order valence-corrected chi connectivity index (χ0v) is 17.8. The summed E-state index contributed by atoms with van der Waals surface area (Å²) in [6.07, 6.45) is 3.06. The van der Waals surface area contributed by atoms with Crippen LogP contribution in [-0.2, 0) is 21.3 Å². The van der Waals surface area contributed by atoms with Crippen molar-refractivity contribution in [3.63, 3.8) is 0 Å². The molecule has 0 aliphatic carbocycles. The van der Waals surface area contributed by atoms with Gasteiger partial charge in [-0.3, -0.25) is 4.90 Å². The summed E-state index contributed by atoms with van der Waals surface area (Å²) in [6, 6.07) is 14.5. The molecule has 5 rings (SSSR count). The maximum atomic E-state index is 12.3. The Labute approximate surface area is 177 Å². The number of nitrogens with zero attached hydrogens (tertiary/aromatic N) is 3. The van der Waals surface area contributed by atoms with Crippen molar-refractivity contribution in [3.05, 3.63) is 53.7 Å². The van der Waals surface area contributed by atoms with Crippen LogP contribution in [0.1, 0.15) is 36.4 Å². The van der Waals surface area contributed by atoms with Crippen LogP contribution < -0.4 is 10.0 Å². The molecule has 3 fully saturated rings. The lowest BCUT2D eigenvalue weighted by atomic mass is 10.0. The molecule has 2 N–H and O–H groups in total. The largest absolute Gasteiger partial charge is 0.377 e. The fraction of sp³-hybridized carbons (Fsp3) is 0.500. The molecule has 0 saturated carbocycles. The van der Waals surface area contributed by atoms with Gasteiger partial charge in [0.2, 0.25) is 10.0 Å². The predicted octanol–water partition coefficient (Wildman–Crippen LogP) is 2.09. The van der Waals surface area contributed by atoms with Crippen molar-refractivity contribution < 1.29 is 13.2 Å². The van der Waals surface area contributed by atoms with Gasteiger partial charge in [-0.25, -0.2) is 18.5 Å². The van der Waals surface area contributed by atoms with Crippen molar-refractivity contribution in [2.24, 2.45) is 5.14 Å². The van der Waals surface area contributed by atoms with Crippen LogP contribution in [0.3, 0.4) is 0 Å². The van der Waals surface area contributed by atoms with E-state index in [4.69, 9.17) is 14.9 Å². The van der Waals surface area contributed by atoms with Crippen LogP contribution in [0.25, 0.3) is 0 Å². The van der Waals surface area contributed by atoms with Crippen molar-refractivity contribution in [2.75, 3.05) is 31.2 Å². The Kier molecular flexibility index (Phi) is 5.26. The van der Waals surface area contributed by atoms with E-state index in [2.05, 4.69) is 21.9 Å². The summed E-state index contributed by atoms with van der Waals surface area (Å²) in [7, 11) is -3.83. The summed E-state index contributed by atoms with van der Waals surface area (Å²) in [6.45, 7) is 3.97. The zero-order valence-electron chi connectivity index (χ0n) is 17.0. The minimum Gasteiger partial charge on any atom is -0.377 e. The normalized spacial score (nSPS) is 27.0. The SMILES string of the molecule is NS(=O)(=O)c1ccc(N2[C@@H]3CC[C@H]2COC3)nc1[C@@H]1CCN(Cc2ccccc2)C1. The number of likely N-dealkylation sites (tertiary alicyclic amines) is 1. The zero-order chi connectivity index (χ0) is 20.7. The summed E-state index contributed by atoms with van der Waals surface area (Å²) < 4.78 is 30.3. The first-order valence-electron chi connectivity index (χ1n) is 10.6. The number of hydrogen-bond acceptors (Lipinski definition) is 6. The summed E-state index contributed by atoms with van der Waals surface area (Å²) in [5.41, 5.74) is 1.88. The second-order valence-corrected chi connectivity index (χ2v) is 10.2. The second kappa shape index (κ2) is 7.92. The van der Waals surface area contributed by atoms with Crippen LogP contribution in [0.15, 0.2) is 47.4 Å². The highest BCUT2D eigenvalue weighted by molar-refractivity contribution is 7.89. The van der Waals surface area contributed by atoms with Crippen molar-refractivity contribution >= 4 is 15.8 Å². The quantitative estimate of drug-likeness (QED) is 0.785.